The van der Waals surface area contributed by atoms with E-state index in [1.165, 1.54) is 0 Å². The normalized spacial score (nSPS) is 18.1. The summed E-state index contributed by atoms with van der Waals surface area (Å²) in [7, 11) is 5.22. The van der Waals surface area contributed by atoms with E-state index in [2.05, 4.69) is 22.3 Å². The molecule has 0 saturated carbocycles. The Morgan fingerprint density at radius 1 is 0.943 bits per heavy atom. The number of aryl methyl sites for hydroxylation is 1. The van der Waals surface area contributed by atoms with Crippen LogP contribution in [0.4, 0.5) is 0 Å². The molecule has 0 atom stereocenters. The number of nitrogens with zero attached hydrogens (tertiary/aromatic N) is 2. The Morgan fingerprint density at radius 2 is 1.54 bits per heavy atom. The summed E-state index contributed by atoms with van der Waals surface area (Å²) < 4.78 is 19.7. The van der Waals surface area contributed by atoms with Gasteiger partial charge in [-0.1, -0.05) is 0 Å². The number of aromatic nitrogens is 1. The van der Waals surface area contributed by atoms with Gasteiger partial charge >= 0.3 is 0 Å². The maximum absolute atomic E-state index is 12.3. The third-order valence-corrected chi connectivity index (χ3v) is 7.73. The van der Waals surface area contributed by atoms with Crippen LogP contribution in [-0.2, 0) is 18.2 Å². The maximum atomic E-state index is 12.3. The summed E-state index contributed by atoms with van der Waals surface area (Å²) in [5, 5.41) is 3.41. The highest BCUT2D eigenvalue weighted by Gasteiger charge is 2.24. The summed E-state index contributed by atoms with van der Waals surface area (Å²) in [5.41, 5.74) is 4.88. The molecule has 0 bridgehead atoms. The summed E-state index contributed by atoms with van der Waals surface area (Å²) in [6.07, 6.45) is 8.05. The molecular formula is C28H41N3O4. The predicted octanol–water partition coefficient (Wildman–Crippen LogP) is 3.46. The van der Waals surface area contributed by atoms with E-state index in [1.807, 2.05) is 20.0 Å². The van der Waals surface area contributed by atoms with Gasteiger partial charge in [-0.15, -0.1) is 0 Å². The minimum atomic E-state index is 0.0340. The van der Waals surface area contributed by atoms with E-state index in [0.29, 0.717) is 12.2 Å². The minimum Gasteiger partial charge on any atom is -0.496 e. The first-order chi connectivity index (χ1) is 16.9. The molecule has 0 unspecified atom stereocenters. The molecule has 35 heavy (non-hydrogen) atoms. The average Bonchev–Trinajstić information content (AvgIpc) is 2.89. The molecule has 1 aromatic carbocycles. The number of likely N-dealkylation sites (tertiary alicyclic amines) is 1. The lowest BCUT2D eigenvalue weighted by atomic mass is 9.96. The van der Waals surface area contributed by atoms with Crippen molar-refractivity contribution in [1.82, 2.24) is 14.8 Å². The number of nitrogens with one attached hydrogen (secondary N) is 1. The molecule has 1 aromatic heterocycles. The second-order valence-electron chi connectivity index (χ2n) is 9.94. The van der Waals surface area contributed by atoms with Crippen molar-refractivity contribution in [2.45, 2.75) is 58.2 Å². The van der Waals surface area contributed by atoms with E-state index in [1.54, 1.807) is 25.8 Å². The quantitative estimate of drug-likeness (QED) is 0.620. The SMILES string of the molecule is COc1cc(-c2cn(C)c(=O)c(C)c2C)cc(OC)c1CCN1CCC(OC2CCNCC2)CC1. The molecule has 0 aliphatic carbocycles. The Labute approximate surface area is 209 Å². The van der Waals surface area contributed by atoms with Crippen LogP contribution < -0.4 is 20.3 Å². The summed E-state index contributed by atoms with van der Waals surface area (Å²) in [6, 6.07) is 4.15. The van der Waals surface area contributed by atoms with Crippen molar-refractivity contribution in [3.8, 4) is 22.6 Å². The van der Waals surface area contributed by atoms with Crippen molar-refractivity contribution in [2.24, 2.45) is 7.05 Å². The van der Waals surface area contributed by atoms with Gasteiger partial charge < -0.3 is 29.0 Å². The van der Waals surface area contributed by atoms with Crippen molar-refractivity contribution in [2.75, 3.05) is 46.9 Å². The average molecular weight is 484 g/mol. The van der Waals surface area contributed by atoms with E-state index in [-0.39, 0.29) is 5.56 Å². The van der Waals surface area contributed by atoms with Crippen LogP contribution in [0.1, 0.15) is 42.4 Å². The van der Waals surface area contributed by atoms with Crippen LogP contribution in [-0.4, -0.2) is 68.6 Å². The van der Waals surface area contributed by atoms with Crippen molar-refractivity contribution in [3.63, 3.8) is 0 Å². The number of pyridine rings is 1. The zero-order chi connectivity index (χ0) is 24.9. The van der Waals surface area contributed by atoms with Gasteiger partial charge in [-0.05, 0) is 82.3 Å². The van der Waals surface area contributed by atoms with Gasteiger partial charge in [-0.25, -0.2) is 0 Å². The fourth-order valence-electron chi connectivity index (χ4n) is 5.40. The first kappa shape index (κ1) is 25.7. The number of hydrogen-bond donors (Lipinski definition) is 1. The standard InChI is InChI=1S/C28H41N3O4/c1-19-20(2)28(32)30(3)18-25(19)21-16-26(33-4)24(27(17-21)34-5)10-15-31-13-8-23(9-14-31)35-22-6-11-29-12-7-22/h16-18,22-23,29H,6-15H2,1-5H3. The lowest BCUT2D eigenvalue weighted by Crippen LogP contribution is -2.41. The number of hydrogen-bond acceptors (Lipinski definition) is 6. The van der Waals surface area contributed by atoms with E-state index in [9.17, 15) is 4.79 Å². The highest BCUT2D eigenvalue weighted by molar-refractivity contribution is 5.72. The van der Waals surface area contributed by atoms with Crippen LogP contribution in [0.3, 0.4) is 0 Å². The molecule has 7 nitrogen and oxygen atoms in total. The number of methoxy groups -OCH3 is 2. The van der Waals surface area contributed by atoms with Crippen LogP contribution in [0.5, 0.6) is 11.5 Å². The van der Waals surface area contributed by atoms with Gasteiger partial charge in [-0.3, -0.25) is 4.79 Å². The molecule has 2 aromatic rings. The molecule has 192 valence electrons. The lowest BCUT2D eigenvalue weighted by Gasteiger charge is -2.35. The number of benzene rings is 1. The summed E-state index contributed by atoms with van der Waals surface area (Å²) in [5.74, 6) is 1.66. The first-order valence-corrected chi connectivity index (χ1v) is 12.9. The molecule has 2 aliphatic rings. The van der Waals surface area contributed by atoms with Crippen LogP contribution in [0.2, 0.25) is 0 Å². The zero-order valence-electron chi connectivity index (χ0n) is 22.0. The Hall–Kier alpha value is -2.35. The van der Waals surface area contributed by atoms with E-state index in [4.69, 9.17) is 14.2 Å². The molecular weight excluding hydrogens is 442 g/mol. The van der Waals surface area contributed by atoms with Crippen molar-refractivity contribution < 1.29 is 14.2 Å². The van der Waals surface area contributed by atoms with Crippen LogP contribution in [0.25, 0.3) is 11.1 Å². The number of rotatable bonds is 8. The molecule has 2 fully saturated rings. The summed E-state index contributed by atoms with van der Waals surface area (Å²) >= 11 is 0. The van der Waals surface area contributed by atoms with E-state index in [0.717, 1.165) is 104 Å². The van der Waals surface area contributed by atoms with Crippen molar-refractivity contribution in [1.29, 1.82) is 0 Å². The van der Waals surface area contributed by atoms with Crippen molar-refractivity contribution >= 4 is 0 Å². The maximum Gasteiger partial charge on any atom is 0.253 e. The first-order valence-electron chi connectivity index (χ1n) is 12.9. The van der Waals surface area contributed by atoms with Gasteiger partial charge in [0, 0.05) is 49.6 Å². The molecule has 0 spiro atoms. The summed E-state index contributed by atoms with van der Waals surface area (Å²) in [6.45, 7) is 9.12. The Balaban J connectivity index is 1.44. The fourth-order valence-corrected chi connectivity index (χ4v) is 5.40. The van der Waals surface area contributed by atoms with Gasteiger partial charge in [0.15, 0.2) is 0 Å². The highest BCUT2D eigenvalue weighted by atomic mass is 16.5. The largest absolute Gasteiger partial charge is 0.496 e. The monoisotopic (exact) mass is 483 g/mol. The second-order valence-corrected chi connectivity index (χ2v) is 9.94. The molecule has 0 amide bonds. The van der Waals surface area contributed by atoms with Gasteiger partial charge in [0.05, 0.1) is 26.4 Å². The fraction of sp³-hybridized carbons (Fsp3) is 0.607. The smallest absolute Gasteiger partial charge is 0.253 e. The topological polar surface area (TPSA) is 65.0 Å². The Morgan fingerprint density at radius 3 is 2.14 bits per heavy atom. The number of ether oxygens (including phenoxy) is 3. The summed E-state index contributed by atoms with van der Waals surface area (Å²) in [4.78, 5) is 14.9. The molecule has 0 radical (unpaired) electrons. The Bertz CT molecular complexity index is 1040. The molecule has 3 heterocycles. The third-order valence-electron chi connectivity index (χ3n) is 7.73. The van der Waals surface area contributed by atoms with Crippen molar-refractivity contribution in [3.05, 3.63) is 45.4 Å². The second kappa shape index (κ2) is 11.6. The van der Waals surface area contributed by atoms with Crippen LogP contribution >= 0.6 is 0 Å². The van der Waals surface area contributed by atoms with E-state index < -0.39 is 0 Å². The van der Waals surface area contributed by atoms with Gasteiger partial charge in [0.25, 0.3) is 5.56 Å². The van der Waals surface area contributed by atoms with E-state index >= 15 is 0 Å². The van der Waals surface area contributed by atoms with Gasteiger partial charge in [0.1, 0.15) is 11.5 Å². The Kier molecular flexibility index (Phi) is 8.52. The minimum absolute atomic E-state index is 0.0340. The molecule has 2 saturated heterocycles. The third kappa shape index (κ3) is 5.90. The molecule has 4 rings (SSSR count). The highest BCUT2D eigenvalue weighted by Crippen LogP contribution is 2.37. The molecule has 2 aliphatic heterocycles. The lowest BCUT2D eigenvalue weighted by molar-refractivity contribution is -0.0529. The zero-order valence-corrected chi connectivity index (χ0v) is 22.0. The predicted molar refractivity (Wildman–Crippen MR) is 140 cm³/mol. The van der Waals surface area contributed by atoms with Crippen LogP contribution in [0, 0.1) is 13.8 Å². The molecule has 1 N–H and O–H groups in total. The van der Waals surface area contributed by atoms with Gasteiger partial charge in [-0.2, -0.15) is 0 Å². The van der Waals surface area contributed by atoms with Gasteiger partial charge in [0.2, 0.25) is 0 Å². The van der Waals surface area contributed by atoms with Crippen LogP contribution in [0.15, 0.2) is 23.1 Å². The number of piperidine rings is 2. The molecule has 7 heteroatoms.